The van der Waals surface area contributed by atoms with E-state index in [4.69, 9.17) is 5.73 Å². The summed E-state index contributed by atoms with van der Waals surface area (Å²) in [5, 5.41) is 0.944. The van der Waals surface area contributed by atoms with Crippen LogP contribution in [-0.2, 0) is 6.42 Å². The number of benzene rings is 1. The maximum absolute atomic E-state index is 5.99. The summed E-state index contributed by atoms with van der Waals surface area (Å²) in [7, 11) is 0. The van der Waals surface area contributed by atoms with Crippen LogP contribution in [0.5, 0.6) is 0 Å². The summed E-state index contributed by atoms with van der Waals surface area (Å²) >= 11 is 5.24. The van der Waals surface area contributed by atoms with Gasteiger partial charge in [-0.25, -0.2) is 9.97 Å². The predicted octanol–water partition coefficient (Wildman–Crippen LogP) is 3.67. The van der Waals surface area contributed by atoms with Crippen LogP contribution in [0.2, 0.25) is 0 Å². The van der Waals surface area contributed by atoms with Crippen molar-refractivity contribution in [3.8, 4) is 0 Å². The molecule has 1 aromatic heterocycles. The molecule has 0 saturated carbocycles. The summed E-state index contributed by atoms with van der Waals surface area (Å²) in [6.45, 7) is 2.11. The van der Waals surface area contributed by atoms with Gasteiger partial charge >= 0.3 is 0 Å². The molecule has 0 bridgehead atoms. The lowest BCUT2D eigenvalue weighted by Crippen LogP contribution is -2.21. The molecule has 1 aromatic carbocycles. The minimum atomic E-state index is 0.219. The molecule has 1 heterocycles. The lowest BCUT2D eigenvalue weighted by Gasteiger charge is -2.11. The average molecular weight is 338 g/mol. The third kappa shape index (κ3) is 4.30. The molecule has 2 N–H and O–H groups in total. The van der Waals surface area contributed by atoms with Gasteiger partial charge in [-0.2, -0.15) is 0 Å². The van der Waals surface area contributed by atoms with Crippen molar-refractivity contribution in [2.75, 3.05) is 0 Å². The number of aromatic nitrogens is 2. The number of hydrogen-bond donors (Lipinski definition) is 1. The Balaban J connectivity index is 2.10. The van der Waals surface area contributed by atoms with Crippen molar-refractivity contribution in [2.24, 2.45) is 5.73 Å². The smallest absolute Gasteiger partial charge is 0.116 e. The van der Waals surface area contributed by atoms with Crippen LogP contribution in [0.15, 0.2) is 51.2 Å². The Morgan fingerprint density at radius 1 is 1.37 bits per heavy atom. The summed E-state index contributed by atoms with van der Waals surface area (Å²) in [4.78, 5) is 9.27. The van der Waals surface area contributed by atoms with Crippen LogP contribution in [0.3, 0.4) is 0 Å². The molecule has 0 aliphatic carbocycles. The van der Waals surface area contributed by atoms with E-state index in [0.29, 0.717) is 0 Å². The van der Waals surface area contributed by atoms with Crippen molar-refractivity contribution >= 4 is 27.7 Å². The van der Waals surface area contributed by atoms with Gasteiger partial charge in [0, 0.05) is 21.6 Å². The first-order chi connectivity index (χ1) is 9.19. The highest BCUT2D eigenvalue weighted by Crippen LogP contribution is 2.30. The highest BCUT2D eigenvalue weighted by molar-refractivity contribution is 9.10. The Labute approximate surface area is 126 Å². The number of hydrogen-bond acceptors (Lipinski definition) is 4. The molecule has 0 radical (unpaired) electrons. The third-order valence-electron chi connectivity index (χ3n) is 2.81. The summed E-state index contributed by atoms with van der Waals surface area (Å²) < 4.78 is 1.11. The van der Waals surface area contributed by atoms with E-state index in [1.54, 1.807) is 24.3 Å². The van der Waals surface area contributed by atoms with Crippen LogP contribution in [0.25, 0.3) is 0 Å². The topological polar surface area (TPSA) is 51.8 Å². The maximum Gasteiger partial charge on any atom is 0.116 e. The van der Waals surface area contributed by atoms with E-state index >= 15 is 0 Å². The van der Waals surface area contributed by atoms with Gasteiger partial charge in [0.05, 0.1) is 0 Å². The monoisotopic (exact) mass is 337 g/mol. The molecule has 5 heteroatoms. The molecule has 2 rings (SSSR count). The zero-order valence-corrected chi connectivity index (χ0v) is 13.1. The molecule has 0 fully saturated rings. The van der Waals surface area contributed by atoms with Gasteiger partial charge < -0.3 is 5.73 Å². The predicted molar refractivity (Wildman–Crippen MR) is 82.3 cm³/mol. The average Bonchev–Trinajstić information content (AvgIpc) is 2.43. The fourth-order valence-electron chi connectivity index (χ4n) is 1.64. The van der Waals surface area contributed by atoms with Gasteiger partial charge in [-0.1, -0.05) is 40.7 Å². The molecule has 0 aliphatic heterocycles. The van der Waals surface area contributed by atoms with Gasteiger partial charge in [0.2, 0.25) is 0 Å². The lowest BCUT2D eigenvalue weighted by atomic mass is 10.1. The highest BCUT2D eigenvalue weighted by atomic mass is 79.9. The first-order valence-corrected chi connectivity index (χ1v) is 7.78. The van der Waals surface area contributed by atoms with Crippen LogP contribution in [0.1, 0.15) is 18.9 Å². The molecular formula is C14H16BrN3S. The van der Waals surface area contributed by atoms with Crippen molar-refractivity contribution < 1.29 is 0 Å². The molecule has 100 valence electrons. The first-order valence-electron chi connectivity index (χ1n) is 6.17. The summed E-state index contributed by atoms with van der Waals surface area (Å²) in [6.07, 6.45) is 5.20. The van der Waals surface area contributed by atoms with Crippen molar-refractivity contribution in [1.29, 1.82) is 0 Å². The van der Waals surface area contributed by atoms with E-state index in [2.05, 4.69) is 51.0 Å². The van der Waals surface area contributed by atoms with Crippen LogP contribution in [-0.4, -0.2) is 16.0 Å². The second-order valence-corrected chi connectivity index (χ2v) is 6.22. The van der Waals surface area contributed by atoms with Gasteiger partial charge in [0.15, 0.2) is 0 Å². The Morgan fingerprint density at radius 2 is 2.21 bits per heavy atom. The van der Waals surface area contributed by atoms with Gasteiger partial charge in [-0.05, 0) is 36.6 Å². The van der Waals surface area contributed by atoms with Crippen LogP contribution < -0.4 is 5.73 Å². The van der Waals surface area contributed by atoms with E-state index in [1.807, 2.05) is 6.07 Å². The molecule has 0 amide bonds. The molecule has 2 aromatic rings. The number of nitrogens with zero attached hydrogens (tertiary/aromatic N) is 2. The molecule has 0 saturated heterocycles. The van der Waals surface area contributed by atoms with E-state index in [0.717, 1.165) is 27.2 Å². The lowest BCUT2D eigenvalue weighted by molar-refractivity contribution is 0.645. The van der Waals surface area contributed by atoms with Gasteiger partial charge in [-0.3, -0.25) is 0 Å². The first kappa shape index (κ1) is 14.5. The standard InChI is InChI=1S/C14H16BrN3S/c1-2-11(16)7-10-3-4-12(8-13(10)15)19-14-5-6-17-9-18-14/h3-6,8-9,11H,2,7,16H2,1H3. The maximum atomic E-state index is 5.99. The zero-order valence-electron chi connectivity index (χ0n) is 10.7. The molecule has 0 aliphatic rings. The summed E-state index contributed by atoms with van der Waals surface area (Å²) in [5.41, 5.74) is 7.24. The van der Waals surface area contributed by atoms with Crippen molar-refractivity contribution in [2.45, 2.75) is 35.7 Å². The summed E-state index contributed by atoms with van der Waals surface area (Å²) in [5.74, 6) is 0. The SMILES string of the molecule is CCC(N)Cc1ccc(Sc2ccncn2)cc1Br. The van der Waals surface area contributed by atoms with Crippen LogP contribution in [0.4, 0.5) is 0 Å². The van der Waals surface area contributed by atoms with Gasteiger partial charge in [0.1, 0.15) is 11.4 Å². The minimum Gasteiger partial charge on any atom is -0.327 e. The van der Waals surface area contributed by atoms with Crippen molar-refractivity contribution in [3.63, 3.8) is 0 Å². The largest absolute Gasteiger partial charge is 0.327 e. The van der Waals surface area contributed by atoms with Gasteiger partial charge in [0.25, 0.3) is 0 Å². The quantitative estimate of drug-likeness (QED) is 0.845. The van der Waals surface area contributed by atoms with Crippen molar-refractivity contribution in [1.82, 2.24) is 9.97 Å². The molecule has 3 nitrogen and oxygen atoms in total. The Kier molecular flexibility index (Phi) is 5.36. The highest BCUT2D eigenvalue weighted by Gasteiger charge is 2.07. The number of rotatable bonds is 5. The number of nitrogens with two attached hydrogens (primary N) is 1. The molecule has 1 atom stereocenters. The van der Waals surface area contributed by atoms with Crippen molar-refractivity contribution in [3.05, 3.63) is 46.8 Å². The normalized spacial score (nSPS) is 12.4. The Morgan fingerprint density at radius 3 is 2.84 bits per heavy atom. The second kappa shape index (κ2) is 7.03. The second-order valence-electron chi connectivity index (χ2n) is 4.28. The molecule has 1 unspecified atom stereocenters. The molecular weight excluding hydrogens is 322 g/mol. The molecule has 19 heavy (non-hydrogen) atoms. The van der Waals surface area contributed by atoms with E-state index < -0.39 is 0 Å². The minimum absolute atomic E-state index is 0.219. The van der Waals surface area contributed by atoms with Crippen LogP contribution in [0, 0.1) is 0 Å². The number of halogens is 1. The van der Waals surface area contributed by atoms with Crippen LogP contribution >= 0.6 is 27.7 Å². The fraction of sp³-hybridized carbons (Fsp3) is 0.286. The van der Waals surface area contributed by atoms with Gasteiger partial charge in [-0.15, -0.1) is 0 Å². The summed E-state index contributed by atoms with van der Waals surface area (Å²) in [6, 6.07) is 8.47. The third-order valence-corrected chi connectivity index (χ3v) is 4.49. The van der Waals surface area contributed by atoms with E-state index in [1.165, 1.54) is 5.56 Å². The fourth-order valence-corrected chi connectivity index (χ4v) is 3.12. The Bertz CT molecular complexity index is 533. The van der Waals surface area contributed by atoms with E-state index in [9.17, 15) is 0 Å². The molecule has 0 spiro atoms. The van der Waals surface area contributed by atoms with E-state index in [-0.39, 0.29) is 6.04 Å². The zero-order chi connectivity index (χ0) is 13.7. The Hall–Kier alpha value is -0.910.